The van der Waals surface area contributed by atoms with Gasteiger partial charge in [-0.25, -0.2) is 13.8 Å². The second-order valence-electron chi connectivity index (χ2n) is 3.69. The van der Waals surface area contributed by atoms with Crippen molar-refractivity contribution in [3.05, 3.63) is 51.5 Å². The van der Waals surface area contributed by atoms with E-state index in [1.807, 2.05) is 6.92 Å². The van der Waals surface area contributed by atoms with Crippen LogP contribution in [0.2, 0.25) is 0 Å². The van der Waals surface area contributed by atoms with E-state index in [0.717, 1.165) is 28.1 Å². The van der Waals surface area contributed by atoms with Gasteiger partial charge in [-0.15, -0.1) is 11.3 Å². The minimum absolute atomic E-state index is 0.0336. The summed E-state index contributed by atoms with van der Waals surface area (Å²) in [4.78, 5) is 16.6. The summed E-state index contributed by atoms with van der Waals surface area (Å²) < 4.78 is 25.9. The van der Waals surface area contributed by atoms with Crippen molar-refractivity contribution in [2.24, 2.45) is 0 Å². The number of hydrogen-bond donors (Lipinski definition) is 1. The third kappa shape index (κ3) is 3.10. The first-order valence-corrected chi connectivity index (χ1v) is 6.02. The molecule has 0 fully saturated rings. The fourth-order valence-corrected chi connectivity index (χ4v) is 2.18. The summed E-state index contributed by atoms with van der Waals surface area (Å²) in [6.07, 6.45) is 1.66. The van der Waals surface area contributed by atoms with Crippen molar-refractivity contribution in [2.75, 3.05) is 0 Å². The van der Waals surface area contributed by atoms with Crippen LogP contribution in [0.1, 0.15) is 20.2 Å². The highest BCUT2D eigenvalue weighted by Gasteiger charge is 2.09. The van der Waals surface area contributed by atoms with Crippen molar-refractivity contribution >= 4 is 17.2 Å². The predicted octanol–water partition coefficient (Wildman–Crippen LogP) is 2.66. The molecular formula is C12H10F2N2OS. The quantitative estimate of drug-likeness (QED) is 0.929. The first-order chi connectivity index (χ1) is 8.54. The fourth-order valence-electron chi connectivity index (χ4n) is 1.44. The molecule has 0 atom stereocenters. The summed E-state index contributed by atoms with van der Waals surface area (Å²) in [6, 6.07) is 2.72. The molecule has 1 N–H and O–H groups in total. The number of amides is 1. The maximum Gasteiger partial charge on any atom is 0.251 e. The highest BCUT2D eigenvalue weighted by molar-refractivity contribution is 7.11. The molecule has 0 aliphatic rings. The van der Waals surface area contributed by atoms with Crippen LogP contribution < -0.4 is 5.32 Å². The minimum Gasteiger partial charge on any atom is -0.347 e. The van der Waals surface area contributed by atoms with Crippen molar-refractivity contribution in [1.82, 2.24) is 10.3 Å². The Bertz CT molecular complexity index is 563. The van der Waals surface area contributed by atoms with E-state index < -0.39 is 17.5 Å². The van der Waals surface area contributed by atoms with E-state index in [0.29, 0.717) is 6.54 Å². The standard InChI is InChI=1S/C12H10F2N2OS/c1-7-15-5-11(18-7)6-16-12(17)8-2-9(13)4-10(14)3-8/h2-5H,6H2,1H3,(H,16,17). The summed E-state index contributed by atoms with van der Waals surface area (Å²) in [5.74, 6) is -2.05. The number of halogens is 2. The van der Waals surface area contributed by atoms with Gasteiger partial charge in [-0.05, 0) is 19.1 Å². The molecule has 0 spiro atoms. The Kier molecular flexibility index (Phi) is 3.66. The Labute approximate surface area is 106 Å². The third-order valence-electron chi connectivity index (χ3n) is 2.22. The molecule has 3 nitrogen and oxygen atoms in total. The van der Waals surface area contributed by atoms with Crippen LogP contribution in [0.25, 0.3) is 0 Å². The van der Waals surface area contributed by atoms with Crippen LogP contribution in [0.4, 0.5) is 8.78 Å². The van der Waals surface area contributed by atoms with Gasteiger partial charge in [-0.3, -0.25) is 4.79 Å². The lowest BCUT2D eigenvalue weighted by atomic mass is 10.2. The van der Waals surface area contributed by atoms with Gasteiger partial charge in [-0.1, -0.05) is 0 Å². The number of rotatable bonds is 3. The van der Waals surface area contributed by atoms with Gasteiger partial charge in [0, 0.05) is 22.7 Å². The normalized spacial score (nSPS) is 10.4. The van der Waals surface area contributed by atoms with Gasteiger partial charge in [0.15, 0.2) is 0 Å². The van der Waals surface area contributed by atoms with E-state index in [-0.39, 0.29) is 5.56 Å². The molecule has 0 saturated carbocycles. The number of nitrogens with one attached hydrogen (secondary N) is 1. The van der Waals surface area contributed by atoms with Crippen LogP contribution in [-0.2, 0) is 6.54 Å². The first kappa shape index (κ1) is 12.6. The maximum atomic E-state index is 12.9. The van der Waals surface area contributed by atoms with Crippen molar-refractivity contribution in [3.8, 4) is 0 Å². The number of carbonyl (C=O) groups excluding carboxylic acids is 1. The van der Waals surface area contributed by atoms with Crippen molar-refractivity contribution < 1.29 is 13.6 Å². The predicted molar refractivity (Wildman–Crippen MR) is 64.4 cm³/mol. The topological polar surface area (TPSA) is 42.0 Å². The Hall–Kier alpha value is -1.82. The van der Waals surface area contributed by atoms with Crippen LogP contribution in [0.15, 0.2) is 24.4 Å². The number of nitrogens with zero attached hydrogens (tertiary/aromatic N) is 1. The number of thiazole rings is 1. The highest BCUT2D eigenvalue weighted by Crippen LogP contribution is 2.12. The highest BCUT2D eigenvalue weighted by atomic mass is 32.1. The first-order valence-electron chi connectivity index (χ1n) is 5.20. The molecule has 2 rings (SSSR count). The van der Waals surface area contributed by atoms with Gasteiger partial charge in [0.1, 0.15) is 11.6 Å². The molecule has 0 aliphatic carbocycles. The number of hydrogen-bond acceptors (Lipinski definition) is 3. The molecule has 0 saturated heterocycles. The minimum atomic E-state index is -0.770. The zero-order chi connectivity index (χ0) is 13.1. The fraction of sp³-hybridized carbons (Fsp3) is 0.167. The summed E-state index contributed by atoms with van der Waals surface area (Å²) in [5, 5.41) is 3.48. The maximum absolute atomic E-state index is 12.9. The molecule has 1 aromatic heterocycles. The number of aromatic nitrogens is 1. The zero-order valence-corrected chi connectivity index (χ0v) is 10.4. The Morgan fingerprint density at radius 2 is 2.00 bits per heavy atom. The number of carbonyl (C=O) groups is 1. The SMILES string of the molecule is Cc1ncc(CNC(=O)c2cc(F)cc(F)c2)s1. The van der Waals surface area contributed by atoms with Crippen molar-refractivity contribution in [2.45, 2.75) is 13.5 Å². The smallest absolute Gasteiger partial charge is 0.251 e. The van der Waals surface area contributed by atoms with E-state index in [9.17, 15) is 13.6 Å². The molecule has 18 heavy (non-hydrogen) atoms. The van der Waals surface area contributed by atoms with Gasteiger partial charge in [0.2, 0.25) is 0 Å². The molecule has 1 aromatic carbocycles. The average Bonchev–Trinajstić information content (AvgIpc) is 2.70. The summed E-state index contributed by atoms with van der Waals surface area (Å²) in [6.45, 7) is 2.15. The Balaban J connectivity index is 2.03. The molecule has 94 valence electrons. The van der Waals surface area contributed by atoms with Crippen LogP contribution in [0, 0.1) is 18.6 Å². The average molecular weight is 268 g/mol. The lowest BCUT2D eigenvalue weighted by Gasteiger charge is -2.03. The second kappa shape index (κ2) is 5.22. The molecule has 0 bridgehead atoms. The molecule has 0 radical (unpaired) electrons. The van der Waals surface area contributed by atoms with E-state index in [2.05, 4.69) is 10.3 Å². The van der Waals surface area contributed by atoms with Gasteiger partial charge in [0.05, 0.1) is 11.6 Å². The number of aryl methyl sites for hydroxylation is 1. The van der Waals surface area contributed by atoms with E-state index in [1.165, 1.54) is 11.3 Å². The summed E-state index contributed by atoms with van der Waals surface area (Å²) in [7, 11) is 0. The van der Waals surface area contributed by atoms with Gasteiger partial charge >= 0.3 is 0 Å². The lowest BCUT2D eigenvalue weighted by Crippen LogP contribution is -2.22. The zero-order valence-electron chi connectivity index (χ0n) is 9.54. The van der Waals surface area contributed by atoms with Crippen LogP contribution >= 0.6 is 11.3 Å². The van der Waals surface area contributed by atoms with Crippen LogP contribution in [0.5, 0.6) is 0 Å². The van der Waals surface area contributed by atoms with E-state index >= 15 is 0 Å². The monoisotopic (exact) mass is 268 g/mol. The number of benzene rings is 1. The largest absolute Gasteiger partial charge is 0.347 e. The molecule has 1 amide bonds. The Morgan fingerprint density at radius 3 is 2.56 bits per heavy atom. The van der Waals surface area contributed by atoms with Crippen LogP contribution in [-0.4, -0.2) is 10.9 Å². The van der Waals surface area contributed by atoms with Crippen molar-refractivity contribution in [3.63, 3.8) is 0 Å². The molecule has 6 heteroatoms. The van der Waals surface area contributed by atoms with Gasteiger partial charge in [-0.2, -0.15) is 0 Å². The molecule has 1 heterocycles. The van der Waals surface area contributed by atoms with Gasteiger partial charge in [0.25, 0.3) is 5.91 Å². The molecule has 2 aromatic rings. The molecule has 0 unspecified atom stereocenters. The van der Waals surface area contributed by atoms with E-state index in [1.54, 1.807) is 6.20 Å². The summed E-state index contributed by atoms with van der Waals surface area (Å²) >= 11 is 1.46. The lowest BCUT2D eigenvalue weighted by molar-refractivity contribution is 0.0950. The molecule has 0 aliphatic heterocycles. The van der Waals surface area contributed by atoms with E-state index in [4.69, 9.17) is 0 Å². The third-order valence-corrected chi connectivity index (χ3v) is 3.13. The second-order valence-corrected chi connectivity index (χ2v) is 5.01. The summed E-state index contributed by atoms with van der Waals surface area (Å²) in [5.41, 5.74) is -0.0336. The van der Waals surface area contributed by atoms with Crippen LogP contribution in [0.3, 0.4) is 0 Å². The molecular weight excluding hydrogens is 258 g/mol. The Morgan fingerprint density at radius 1 is 1.33 bits per heavy atom. The van der Waals surface area contributed by atoms with Gasteiger partial charge < -0.3 is 5.32 Å². The van der Waals surface area contributed by atoms with Crippen molar-refractivity contribution in [1.29, 1.82) is 0 Å².